The van der Waals surface area contributed by atoms with Gasteiger partial charge in [0.15, 0.2) is 0 Å². The van der Waals surface area contributed by atoms with E-state index in [4.69, 9.17) is 5.73 Å². The summed E-state index contributed by atoms with van der Waals surface area (Å²) in [7, 11) is 0. The normalized spacial score (nSPS) is 12.9. The fourth-order valence-electron chi connectivity index (χ4n) is 1.00. The van der Waals surface area contributed by atoms with Gasteiger partial charge in [-0.1, -0.05) is 19.8 Å². The molecule has 6 heteroatoms. The number of nitrogens with zero attached hydrogens (tertiary/aromatic N) is 1. The van der Waals surface area contributed by atoms with Crippen molar-refractivity contribution >= 4 is 12.3 Å². The second-order valence-corrected chi connectivity index (χ2v) is 3.39. The number of aliphatic hydroxyl groups excluding tert-OH is 1. The summed E-state index contributed by atoms with van der Waals surface area (Å²) in [5.74, 6) is 0. The number of unbranched alkanes of at least 4 members (excludes halogenated alkanes) is 1. The van der Waals surface area contributed by atoms with Crippen LogP contribution in [0.3, 0.4) is 0 Å². The summed E-state index contributed by atoms with van der Waals surface area (Å²) in [4.78, 5) is 18.9. The zero-order chi connectivity index (χ0) is 12.2. The van der Waals surface area contributed by atoms with Crippen molar-refractivity contribution in [3.05, 3.63) is 0 Å². The number of aliphatic hydroxyl groups is 1. The first kappa shape index (κ1) is 15.0. The molecule has 4 N–H and O–H groups in total. The van der Waals surface area contributed by atoms with Gasteiger partial charge in [0, 0.05) is 25.7 Å². The SMILES string of the molecule is CCCCC(O)CC=NC(=O)ONCCN. The zero-order valence-corrected chi connectivity index (χ0v) is 9.69. The number of carbonyl (C=O) groups excluding carboxylic acids is 1. The molecule has 0 heterocycles. The van der Waals surface area contributed by atoms with Crippen LogP contribution in [-0.4, -0.2) is 36.6 Å². The molecule has 0 aliphatic heterocycles. The molecule has 1 unspecified atom stereocenters. The molecule has 0 fully saturated rings. The highest BCUT2D eigenvalue weighted by atomic mass is 16.7. The van der Waals surface area contributed by atoms with Gasteiger partial charge in [-0.15, -0.1) is 0 Å². The predicted octanol–water partition coefficient (Wildman–Crippen LogP) is 0.598. The molecule has 1 atom stereocenters. The molecule has 0 aromatic rings. The predicted molar refractivity (Wildman–Crippen MR) is 62.2 cm³/mol. The maximum atomic E-state index is 10.9. The quantitative estimate of drug-likeness (QED) is 0.323. The number of hydroxylamine groups is 1. The van der Waals surface area contributed by atoms with Crippen LogP contribution < -0.4 is 11.2 Å². The molecule has 0 bridgehead atoms. The minimum Gasteiger partial charge on any atom is -0.393 e. The second kappa shape index (κ2) is 10.5. The maximum absolute atomic E-state index is 10.9. The fourth-order valence-corrected chi connectivity index (χ4v) is 1.00. The number of aliphatic imine (C=N–C) groups is 1. The summed E-state index contributed by atoms with van der Waals surface area (Å²) in [5.41, 5.74) is 7.53. The highest BCUT2D eigenvalue weighted by Gasteiger charge is 2.02. The average molecular weight is 231 g/mol. The summed E-state index contributed by atoms with van der Waals surface area (Å²) in [5, 5.41) is 9.43. The molecule has 1 amide bonds. The minimum absolute atomic E-state index is 0.367. The Bertz CT molecular complexity index is 209. The molecule has 0 spiro atoms. The van der Waals surface area contributed by atoms with Gasteiger partial charge in [0.2, 0.25) is 0 Å². The molecule has 0 saturated heterocycles. The van der Waals surface area contributed by atoms with Crippen LogP contribution in [0.1, 0.15) is 32.6 Å². The van der Waals surface area contributed by atoms with E-state index in [1.807, 2.05) is 0 Å². The van der Waals surface area contributed by atoms with Crippen LogP contribution in [0.2, 0.25) is 0 Å². The van der Waals surface area contributed by atoms with Crippen molar-refractivity contribution < 1.29 is 14.7 Å². The van der Waals surface area contributed by atoms with Crippen LogP contribution in [0, 0.1) is 0 Å². The van der Waals surface area contributed by atoms with E-state index in [0.717, 1.165) is 19.3 Å². The highest BCUT2D eigenvalue weighted by molar-refractivity contribution is 5.79. The molecular weight excluding hydrogens is 210 g/mol. The lowest BCUT2D eigenvalue weighted by atomic mass is 10.1. The van der Waals surface area contributed by atoms with Crippen molar-refractivity contribution in [2.24, 2.45) is 10.7 Å². The van der Waals surface area contributed by atoms with Gasteiger partial charge in [0.25, 0.3) is 0 Å². The summed E-state index contributed by atoms with van der Waals surface area (Å²) in [6.07, 6.45) is 3.31. The first-order valence-corrected chi connectivity index (χ1v) is 5.55. The van der Waals surface area contributed by atoms with E-state index in [0.29, 0.717) is 19.5 Å². The number of amides is 1. The summed E-state index contributed by atoms with van der Waals surface area (Å²) in [6, 6.07) is 0. The Morgan fingerprint density at radius 2 is 2.44 bits per heavy atom. The summed E-state index contributed by atoms with van der Waals surface area (Å²) in [6.45, 7) is 2.83. The number of hydrogen-bond donors (Lipinski definition) is 3. The molecule has 0 aliphatic rings. The molecular formula is C10H21N3O3. The Kier molecular flexibility index (Phi) is 9.89. The van der Waals surface area contributed by atoms with E-state index < -0.39 is 12.2 Å². The van der Waals surface area contributed by atoms with Gasteiger partial charge >= 0.3 is 6.09 Å². The Balaban J connectivity index is 3.53. The van der Waals surface area contributed by atoms with Crippen LogP contribution in [0.15, 0.2) is 4.99 Å². The first-order valence-electron chi connectivity index (χ1n) is 5.55. The molecule has 94 valence electrons. The number of carbonyl (C=O) groups is 1. The van der Waals surface area contributed by atoms with Crippen LogP contribution in [-0.2, 0) is 4.84 Å². The third-order valence-electron chi connectivity index (χ3n) is 1.87. The topological polar surface area (TPSA) is 96.9 Å². The number of rotatable bonds is 8. The molecule has 0 saturated carbocycles. The van der Waals surface area contributed by atoms with Crippen LogP contribution in [0.25, 0.3) is 0 Å². The van der Waals surface area contributed by atoms with E-state index in [1.54, 1.807) is 0 Å². The van der Waals surface area contributed by atoms with Crippen LogP contribution in [0.4, 0.5) is 4.79 Å². The van der Waals surface area contributed by atoms with E-state index in [1.165, 1.54) is 6.21 Å². The van der Waals surface area contributed by atoms with Gasteiger partial charge < -0.3 is 15.7 Å². The molecule has 0 aliphatic carbocycles. The molecule has 0 radical (unpaired) electrons. The van der Waals surface area contributed by atoms with E-state index in [9.17, 15) is 9.90 Å². The molecule has 0 aromatic heterocycles. The van der Waals surface area contributed by atoms with Gasteiger partial charge in [-0.3, -0.25) is 0 Å². The van der Waals surface area contributed by atoms with Gasteiger partial charge in [-0.25, -0.2) is 4.79 Å². The smallest absolute Gasteiger partial charge is 0.393 e. The van der Waals surface area contributed by atoms with Crippen LogP contribution in [0.5, 0.6) is 0 Å². The van der Waals surface area contributed by atoms with Crippen molar-refractivity contribution in [2.45, 2.75) is 38.7 Å². The standard InChI is InChI=1S/C10H21N3O3/c1-2-3-4-9(14)5-7-12-10(15)16-13-8-6-11/h7,9,13-14H,2-6,8,11H2,1H3. The lowest BCUT2D eigenvalue weighted by Crippen LogP contribution is -2.24. The van der Waals surface area contributed by atoms with E-state index in [2.05, 4.69) is 22.2 Å². The third-order valence-corrected chi connectivity index (χ3v) is 1.87. The number of hydrogen-bond acceptors (Lipinski definition) is 5. The van der Waals surface area contributed by atoms with Crippen molar-refractivity contribution in [1.82, 2.24) is 5.48 Å². The Morgan fingerprint density at radius 3 is 3.06 bits per heavy atom. The van der Waals surface area contributed by atoms with Crippen molar-refractivity contribution in [1.29, 1.82) is 0 Å². The molecule has 6 nitrogen and oxygen atoms in total. The first-order chi connectivity index (χ1) is 7.70. The summed E-state index contributed by atoms with van der Waals surface area (Å²) < 4.78 is 0. The van der Waals surface area contributed by atoms with E-state index >= 15 is 0 Å². The van der Waals surface area contributed by atoms with Crippen molar-refractivity contribution in [3.63, 3.8) is 0 Å². The molecule has 0 rings (SSSR count). The van der Waals surface area contributed by atoms with Gasteiger partial charge in [0.05, 0.1) is 6.10 Å². The van der Waals surface area contributed by atoms with Crippen molar-refractivity contribution in [2.75, 3.05) is 13.1 Å². The van der Waals surface area contributed by atoms with E-state index in [-0.39, 0.29) is 0 Å². The Hall–Kier alpha value is -0.980. The van der Waals surface area contributed by atoms with Gasteiger partial charge in [0.1, 0.15) is 0 Å². The van der Waals surface area contributed by atoms with Gasteiger partial charge in [-0.05, 0) is 6.42 Å². The molecule has 0 aromatic carbocycles. The highest BCUT2D eigenvalue weighted by Crippen LogP contribution is 2.02. The van der Waals surface area contributed by atoms with Crippen molar-refractivity contribution in [3.8, 4) is 0 Å². The minimum atomic E-state index is -0.726. The maximum Gasteiger partial charge on any atom is 0.452 e. The lowest BCUT2D eigenvalue weighted by Gasteiger charge is -2.05. The number of nitrogens with two attached hydrogens (primary N) is 1. The molecule has 16 heavy (non-hydrogen) atoms. The fraction of sp³-hybridized carbons (Fsp3) is 0.800. The third kappa shape index (κ3) is 9.57. The zero-order valence-electron chi connectivity index (χ0n) is 9.69. The second-order valence-electron chi connectivity index (χ2n) is 3.39. The van der Waals surface area contributed by atoms with Crippen LogP contribution >= 0.6 is 0 Å². The monoisotopic (exact) mass is 231 g/mol. The number of nitrogens with one attached hydrogen (secondary N) is 1. The van der Waals surface area contributed by atoms with Gasteiger partial charge in [-0.2, -0.15) is 10.5 Å². The Morgan fingerprint density at radius 1 is 1.69 bits per heavy atom. The summed E-state index contributed by atoms with van der Waals surface area (Å²) >= 11 is 0. The Labute approximate surface area is 95.8 Å². The average Bonchev–Trinajstić information content (AvgIpc) is 2.26. The lowest BCUT2D eigenvalue weighted by molar-refractivity contribution is 0.101. The largest absolute Gasteiger partial charge is 0.452 e.